The summed E-state index contributed by atoms with van der Waals surface area (Å²) >= 11 is 0. The molecule has 0 fully saturated rings. The maximum absolute atomic E-state index is 13.0. The van der Waals surface area contributed by atoms with E-state index in [-0.39, 0.29) is 23.3 Å². The van der Waals surface area contributed by atoms with Crippen molar-refractivity contribution in [2.24, 2.45) is 0 Å². The number of aromatic hydroxyl groups is 1. The topological polar surface area (TPSA) is 152 Å². The van der Waals surface area contributed by atoms with Crippen LogP contribution in [0.25, 0.3) is 10.9 Å². The molecule has 0 aliphatic carbocycles. The summed E-state index contributed by atoms with van der Waals surface area (Å²) in [6, 6.07) is 13.1. The normalized spacial score (nSPS) is 11.3. The zero-order valence-corrected chi connectivity index (χ0v) is 17.8. The van der Waals surface area contributed by atoms with Crippen LogP contribution in [0.15, 0.2) is 53.3 Å². The molecule has 0 radical (unpaired) electrons. The summed E-state index contributed by atoms with van der Waals surface area (Å²) in [6.45, 7) is -0.809. The Bertz CT molecular complexity index is 1350. The van der Waals surface area contributed by atoms with Crippen LogP contribution in [-0.4, -0.2) is 48.0 Å². The van der Waals surface area contributed by atoms with Gasteiger partial charge in [-0.2, -0.15) is 0 Å². The van der Waals surface area contributed by atoms with E-state index in [2.05, 4.69) is 0 Å². The first-order chi connectivity index (χ1) is 15.1. The fourth-order valence-electron chi connectivity index (χ4n) is 3.08. The number of carbonyl (C=O) groups excluding carboxylic acids is 1. The molecule has 0 bridgehead atoms. The first-order valence-corrected chi connectivity index (χ1v) is 11.4. The molecule has 1 aromatic heterocycles. The lowest BCUT2D eigenvalue weighted by Gasteiger charge is -2.16. The summed E-state index contributed by atoms with van der Waals surface area (Å²) < 4.78 is 24.1. The average Bonchev–Trinajstić information content (AvgIpc) is 2.72. The molecular weight excluding hydrogens is 440 g/mol. The fraction of sp³-hybridized carbons (Fsp3) is 0.190. The Kier molecular flexibility index (Phi) is 6.49. The molecule has 3 N–H and O–H groups in total. The van der Waals surface area contributed by atoms with Crippen LogP contribution in [0.4, 0.5) is 0 Å². The summed E-state index contributed by atoms with van der Waals surface area (Å²) in [6.07, 6.45) is 1.05. The van der Waals surface area contributed by atoms with E-state index in [0.29, 0.717) is 5.56 Å². The molecule has 1 heterocycles. The quantitative estimate of drug-likeness (QED) is 0.444. The SMILES string of the molecule is CS(=O)(=O)Cc1ccc2c(c1)c(O)c(C(=O)NCC(=O)O)c(=O)n2OCc1ccccc1. The smallest absolute Gasteiger partial charge is 0.322 e. The maximum atomic E-state index is 13.0. The predicted octanol–water partition coefficient (Wildman–Crippen LogP) is 0.695. The summed E-state index contributed by atoms with van der Waals surface area (Å²) in [5.74, 6) is -3.48. The van der Waals surface area contributed by atoms with Crippen molar-refractivity contribution >= 4 is 32.6 Å². The minimum absolute atomic E-state index is 0.000660. The average molecular weight is 460 g/mol. The van der Waals surface area contributed by atoms with Gasteiger partial charge in [-0.05, 0) is 23.3 Å². The zero-order chi connectivity index (χ0) is 23.5. The summed E-state index contributed by atoms with van der Waals surface area (Å²) in [5.41, 5.74) is -0.560. The molecule has 3 aromatic rings. The van der Waals surface area contributed by atoms with Gasteiger partial charge in [0.1, 0.15) is 18.9 Å². The monoisotopic (exact) mass is 460 g/mol. The fourth-order valence-corrected chi connectivity index (χ4v) is 3.86. The second-order valence-corrected chi connectivity index (χ2v) is 9.22. The third-order valence-corrected chi connectivity index (χ3v) is 5.29. The molecule has 0 saturated carbocycles. The molecule has 0 aliphatic rings. The van der Waals surface area contributed by atoms with Crippen LogP contribution in [0, 0.1) is 0 Å². The highest BCUT2D eigenvalue weighted by molar-refractivity contribution is 7.89. The largest absolute Gasteiger partial charge is 0.506 e. The van der Waals surface area contributed by atoms with Gasteiger partial charge in [0.2, 0.25) is 0 Å². The molecule has 10 nitrogen and oxygen atoms in total. The van der Waals surface area contributed by atoms with Crippen molar-refractivity contribution in [1.82, 2.24) is 10.0 Å². The Hall–Kier alpha value is -3.86. The Labute approximate surface area is 182 Å². The Morgan fingerprint density at radius 3 is 2.41 bits per heavy atom. The van der Waals surface area contributed by atoms with Crippen molar-refractivity contribution in [3.63, 3.8) is 0 Å². The zero-order valence-electron chi connectivity index (χ0n) is 16.9. The molecule has 11 heteroatoms. The van der Waals surface area contributed by atoms with E-state index in [4.69, 9.17) is 9.94 Å². The number of nitrogens with one attached hydrogen (secondary N) is 1. The van der Waals surface area contributed by atoms with E-state index < -0.39 is 45.1 Å². The summed E-state index contributed by atoms with van der Waals surface area (Å²) in [7, 11) is -3.39. The van der Waals surface area contributed by atoms with Gasteiger partial charge >= 0.3 is 5.97 Å². The van der Waals surface area contributed by atoms with Crippen LogP contribution >= 0.6 is 0 Å². The number of hydrogen-bond acceptors (Lipinski definition) is 7. The first kappa shape index (κ1) is 22.8. The third-order valence-electron chi connectivity index (χ3n) is 4.43. The molecule has 3 rings (SSSR count). The van der Waals surface area contributed by atoms with E-state index in [1.54, 1.807) is 30.3 Å². The van der Waals surface area contributed by atoms with Gasteiger partial charge in [-0.25, -0.2) is 8.42 Å². The third kappa shape index (κ3) is 5.24. The predicted molar refractivity (Wildman–Crippen MR) is 115 cm³/mol. The number of carboxylic acid groups (broad SMARTS) is 1. The molecule has 0 spiro atoms. The number of sulfone groups is 1. The highest BCUT2D eigenvalue weighted by Gasteiger charge is 2.24. The van der Waals surface area contributed by atoms with E-state index in [1.807, 2.05) is 5.32 Å². The first-order valence-electron chi connectivity index (χ1n) is 9.32. The molecule has 32 heavy (non-hydrogen) atoms. The van der Waals surface area contributed by atoms with Gasteiger partial charge in [0.25, 0.3) is 11.5 Å². The van der Waals surface area contributed by atoms with Crippen LogP contribution < -0.4 is 15.7 Å². The van der Waals surface area contributed by atoms with E-state index >= 15 is 0 Å². The number of hydrogen-bond donors (Lipinski definition) is 3. The van der Waals surface area contributed by atoms with Crippen LogP contribution in [0.5, 0.6) is 5.75 Å². The molecule has 0 atom stereocenters. The number of aliphatic carboxylic acids is 1. The molecule has 0 saturated heterocycles. The number of fused-ring (bicyclic) bond motifs is 1. The van der Waals surface area contributed by atoms with Gasteiger partial charge in [-0.1, -0.05) is 36.4 Å². The second kappa shape index (κ2) is 9.10. The lowest BCUT2D eigenvalue weighted by molar-refractivity contribution is -0.135. The van der Waals surface area contributed by atoms with Crippen molar-refractivity contribution in [2.75, 3.05) is 12.8 Å². The van der Waals surface area contributed by atoms with Crippen LogP contribution in [0.1, 0.15) is 21.5 Å². The number of aromatic nitrogens is 1. The van der Waals surface area contributed by atoms with E-state index in [0.717, 1.165) is 16.5 Å². The number of nitrogens with zero attached hydrogens (tertiary/aromatic N) is 1. The molecular formula is C21H20N2O8S. The van der Waals surface area contributed by atoms with Gasteiger partial charge in [0.05, 0.1) is 11.3 Å². The Morgan fingerprint density at radius 2 is 1.78 bits per heavy atom. The van der Waals surface area contributed by atoms with Gasteiger partial charge in [0.15, 0.2) is 15.4 Å². The van der Waals surface area contributed by atoms with Crippen molar-refractivity contribution < 1.29 is 33.1 Å². The van der Waals surface area contributed by atoms with Crippen molar-refractivity contribution in [3.8, 4) is 5.75 Å². The number of carboxylic acids is 1. The van der Waals surface area contributed by atoms with E-state index in [1.165, 1.54) is 18.2 Å². The van der Waals surface area contributed by atoms with Crippen LogP contribution in [0.3, 0.4) is 0 Å². The summed E-state index contributed by atoms with van der Waals surface area (Å²) in [5, 5.41) is 21.5. The highest BCUT2D eigenvalue weighted by Crippen LogP contribution is 2.28. The van der Waals surface area contributed by atoms with Gasteiger partial charge in [-0.3, -0.25) is 14.4 Å². The number of pyridine rings is 1. The number of amides is 1. The number of carbonyl (C=O) groups is 2. The Balaban J connectivity index is 2.16. The van der Waals surface area contributed by atoms with Crippen molar-refractivity contribution in [2.45, 2.75) is 12.4 Å². The molecule has 0 aliphatic heterocycles. The Morgan fingerprint density at radius 1 is 1.09 bits per heavy atom. The maximum Gasteiger partial charge on any atom is 0.322 e. The molecule has 2 aromatic carbocycles. The van der Waals surface area contributed by atoms with Crippen LogP contribution in [0.2, 0.25) is 0 Å². The lowest BCUT2D eigenvalue weighted by atomic mass is 10.1. The number of benzene rings is 2. The minimum atomic E-state index is -3.39. The molecule has 168 valence electrons. The van der Waals surface area contributed by atoms with Gasteiger partial charge < -0.3 is 20.4 Å². The summed E-state index contributed by atoms with van der Waals surface area (Å²) in [4.78, 5) is 41.9. The van der Waals surface area contributed by atoms with Crippen molar-refractivity contribution in [3.05, 3.63) is 75.6 Å². The van der Waals surface area contributed by atoms with Crippen molar-refractivity contribution in [1.29, 1.82) is 0 Å². The minimum Gasteiger partial charge on any atom is -0.506 e. The highest BCUT2D eigenvalue weighted by atomic mass is 32.2. The van der Waals surface area contributed by atoms with E-state index in [9.17, 15) is 27.9 Å². The van der Waals surface area contributed by atoms with Gasteiger partial charge in [0, 0.05) is 11.6 Å². The molecule has 1 amide bonds. The number of rotatable bonds is 8. The van der Waals surface area contributed by atoms with Crippen LogP contribution in [-0.2, 0) is 27.0 Å². The standard InChI is InChI=1S/C21H20N2O8S/c1-32(29,30)12-14-7-8-16-15(9-14)19(26)18(20(27)22-10-17(24)25)21(28)23(16)31-11-13-5-3-2-4-6-13/h2-9,26H,10-12H2,1H3,(H,22,27)(H,24,25). The lowest BCUT2D eigenvalue weighted by Crippen LogP contribution is -2.37. The molecule has 0 unspecified atom stereocenters. The van der Waals surface area contributed by atoms with Gasteiger partial charge in [-0.15, -0.1) is 4.73 Å². The second-order valence-electron chi connectivity index (χ2n) is 7.08.